The summed E-state index contributed by atoms with van der Waals surface area (Å²) in [5.74, 6) is -0.334. The average molecular weight is 558 g/mol. The second kappa shape index (κ2) is 12.8. The zero-order valence-electron chi connectivity index (χ0n) is 21.8. The number of hydrogen-bond acceptors (Lipinski definition) is 5. The van der Waals surface area contributed by atoms with E-state index in [1.807, 2.05) is 6.92 Å². The molecule has 202 valence electrons. The zero-order chi connectivity index (χ0) is 27.9. The van der Waals surface area contributed by atoms with Crippen LogP contribution in [0.5, 0.6) is 5.75 Å². The van der Waals surface area contributed by atoms with Gasteiger partial charge in [0, 0.05) is 18.1 Å². The van der Waals surface area contributed by atoms with Gasteiger partial charge in [0.1, 0.15) is 18.3 Å². The van der Waals surface area contributed by atoms with Crippen LogP contribution in [-0.4, -0.2) is 51.4 Å². The molecule has 3 rings (SSSR count). The van der Waals surface area contributed by atoms with Crippen molar-refractivity contribution in [2.24, 2.45) is 0 Å². The number of nitrogens with one attached hydrogen (secondary N) is 1. The molecule has 0 aromatic heterocycles. The van der Waals surface area contributed by atoms with Gasteiger partial charge in [-0.15, -0.1) is 0 Å². The number of benzene rings is 3. The molecule has 0 aliphatic heterocycles. The Kier molecular flexibility index (Phi) is 9.77. The van der Waals surface area contributed by atoms with Gasteiger partial charge in [-0.2, -0.15) is 0 Å². The lowest BCUT2D eigenvalue weighted by atomic mass is 10.1. The summed E-state index contributed by atoms with van der Waals surface area (Å²) in [6.45, 7) is 5.24. The number of amides is 2. The van der Waals surface area contributed by atoms with Crippen molar-refractivity contribution in [3.05, 3.63) is 88.9 Å². The third-order valence-corrected chi connectivity index (χ3v) is 8.07. The maximum atomic E-state index is 13.8. The van der Waals surface area contributed by atoms with Crippen LogP contribution in [0.2, 0.25) is 5.02 Å². The summed E-state index contributed by atoms with van der Waals surface area (Å²) in [6.07, 6.45) is 0. The minimum atomic E-state index is -4.13. The molecule has 0 aliphatic carbocycles. The fourth-order valence-corrected chi connectivity index (χ4v) is 5.35. The molecule has 0 unspecified atom stereocenters. The monoisotopic (exact) mass is 557 g/mol. The van der Waals surface area contributed by atoms with Crippen LogP contribution in [0.3, 0.4) is 0 Å². The van der Waals surface area contributed by atoms with Gasteiger partial charge in [-0.05, 0) is 74.9 Å². The van der Waals surface area contributed by atoms with E-state index in [4.69, 9.17) is 16.3 Å². The number of sulfonamides is 1. The molecule has 3 aromatic carbocycles. The lowest BCUT2D eigenvalue weighted by molar-refractivity contribution is -0.139. The summed E-state index contributed by atoms with van der Waals surface area (Å²) < 4.78 is 33.8. The Hall–Kier alpha value is -3.56. The maximum Gasteiger partial charge on any atom is 0.264 e. The maximum absolute atomic E-state index is 13.8. The first-order chi connectivity index (χ1) is 18.1. The Bertz CT molecular complexity index is 1340. The average Bonchev–Trinajstić information content (AvgIpc) is 2.91. The standard InChI is InChI=1S/C28H32ClN3O5S/c1-5-30-28(34)21(3)31(18-22-8-10-23(29)11-9-22)27(33)19-32(24-12-14-25(37-4)15-13-24)38(35,36)26-16-6-20(2)7-17-26/h6-17,21H,5,18-19H2,1-4H3,(H,30,34)/t21-/m1/s1. The van der Waals surface area contributed by atoms with Crippen molar-refractivity contribution in [1.29, 1.82) is 0 Å². The van der Waals surface area contributed by atoms with E-state index in [0.717, 1.165) is 15.4 Å². The van der Waals surface area contributed by atoms with E-state index >= 15 is 0 Å². The number of nitrogens with zero attached hydrogens (tertiary/aromatic N) is 2. The summed E-state index contributed by atoms with van der Waals surface area (Å²) in [4.78, 5) is 27.9. The molecule has 38 heavy (non-hydrogen) atoms. The molecule has 2 amide bonds. The number of carbonyl (C=O) groups is 2. The summed E-state index contributed by atoms with van der Waals surface area (Å²) in [5, 5.41) is 3.27. The molecule has 0 heterocycles. The number of anilines is 1. The first kappa shape index (κ1) is 29.0. The molecule has 10 heteroatoms. The third-order valence-electron chi connectivity index (χ3n) is 6.03. The molecule has 0 saturated carbocycles. The largest absolute Gasteiger partial charge is 0.497 e. The van der Waals surface area contributed by atoms with Gasteiger partial charge in [0.05, 0.1) is 17.7 Å². The van der Waals surface area contributed by atoms with E-state index in [1.54, 1.807) is 74.5 Å². The molecular formula is C28H32ClN3O5S. The smallest absolute Gasteiger partial charge is 0.264 e. The highest BCUT2D eigenvalue weighted by molar-refractivity contribution is 7.92. The van der Waals surface area contributed by atoms with Gasteiger partial charge in [-0.3, -0.25) is 13.9 Å². The number of likely N-dealkylation sites (N-methyl/N-ethyl adjacent to an activating group) is 1. The number of rotatable bonds is 11. The van der Waals surface area contributed by atoms with Crippen molar-refractivity contribution in [3.8, 4) is 5.75 Å². The Morgan fingerprint density at radius 1 is 0.974 bits per heavy atom. The fraction of sp³-hybridized carbons (Fsp3) is 0.286. The van der Waals surface area contributed by atoms with E-state index in [-0.39, 0.29) is 23.0 Å². The first-order valence-electron chi connectivity index (χ1n) is 12.1. The second-order valence-corrected chi connectivity index (χ2v) is 11.0. The Morgan fingerprint density at radius 3 is 2.13 bits per heavy atom. The lowest BCUT2D eigenvalue weighted by Crippen LogP contribution is -2.51. The van der Waals surface area contributed by atoms with Gasteiger partial charge in [0.25, 0.3) is 10.0 Å². The zero-order valence-corrected chi connectivity index (χ0v) is 23.4. The number of halogens is 1. The number of hydrogen-bond donors (Lipinski definition) is 1. The van der Waals surface area contributed by atoms with Crippen molar-refractivity contribution < 1.29 is 22.7 Å². The molecule has 1 atom stereocenters. The number of aryl methyl sites for hydroxylation is 1. The second-order valence-electron chi connectivity index (χ2n) is 8.74. The minimum Gasteiger partial charge on any atom is -0.497 e. The summed E-state index contributed by atoms with van der Waals surface area (Å²) in [5.41, 5.74) is 1.94. The van der Waals surface area contributed by atoms with Gasteiger partial charge in [0.15, 0.2) is 0 Å². The molecule has 0 spiro atoms. The molecule has 0 aliphatic rings. The van der Waals surface area contributed by atoms with Crippen LogP contribution in [0.25, 0.3) is 0 Å². The van der Waals surface area contributed by atoms with Crippen LogP contribution in [0.4, 0.5) is 5.69 Å². The van der Waals surface area contributed by atoms with Gasteiger partial charge in [-0.25, -0.2) is 8.42 Å². The Morgan fingerprint density at radius 2 is 1.58 bits per heavy atom. The van der Waals surface area contributed by atoms with Crippen molar-refractivity contribution in [1.82, 2.24) is 10.2 Å². The van der Waals surface area contributed by atoms with Crippen molar-refractivity contribution in [2.75, 3.05) is 24.5 Å². The van der Waals surface area contributed by atoms with Crippen LogP contribution < -0.4 is 14.4 Å². The predicted molar refractivity (Wildman–Crippen MR) is 149 cm³/mol. The minimum absolute atomic E-state index is 0.0488. The summed E-state index contributed by atoms with van der Waals surface area (Å²) in [6, 6.07) is 18.9. The normalized spacial score (nSPS) is 11.9. The quantitative estimate of drug-likeness (QED) is 0.377. The first-order valence-corrected chi connectivity index (χ1v) is 13.9. The van der Waals surface area contributed by atoms with E-state index in [0.29, 0.717) is 17.3 Å². The summed E-state index contributed by atoms with van der Waals surface area (Å²) in [7, 11) is -2.62. The van der Waals surface area contributed by atoms with Crippen LogP contribution in [0.1, 0.15) is 25.0 Å². The van der Waals surface area contributed by atoms with Crippen molar-refractivity contribution >= 4 is 39.1 Å². The molecule has 0 fully saturated rings. The van der Waals surface area contributed by atoms with Gasteiger partial charge < -0.3 is 15.0 Å². The van der Waals surface area contributed by atoms with Crippen molar-refractivity contribution in [2.45, 2.75) is 38.3 Å². The summed E-state index contributed by atoms with van der Waals surface area (Å²) >= 11 is 6.01. The van der Waals surface area contributed by atoms with Gasteiger partial charge in [-0.1, -0.05) is 41.4 Å². The van der Waals surface area contributed by atoms with Crippen LogP contribution in [0.15, 0.2) is 77.7 Å². The van der Waals surface area contributed by atoms with Crippen molar-refractivity contribution in [3.63, 3.8) is 0 Å². The molecule has 1 N–H and O–H groups in total. The van der Waals surface area contributed by atoms with E-state index < -0.39 is 28.5 Å². The number of ether oxygens (including phenoxy) is 1. The fourth-order valence-electron chi connectivity index (χ4n) is 3.81. The molecule has 8 nitrogen and oxygen atoms in total. The topological polar surface area (TPSA) is 96.0 Å². The third kappa shape index (κ3) is 7.05. The molecule has 0 saturated heterocycles. The molecule has 0 bridgehead atoms. The number of methoxy groups -OCH3 is 1. The number of carbonyl (C=O) groups excluding carboxylic acids is 2. The molecule has 0 radical (unpaired) electrons. The molecule has 3 aromatic rings. The highest BCUT2D eigenvalue weighted by Gasteiger charge is 2.32. The van der Waals surface area contributed by atoms with Crippen LogP contribution >= 0.6 is 11.6 Å². The lowest BCUT2D eigenvalue weighted by Gasteiger charge is -2.32. The predicted octanol–water partition coefficient (Wildman–Crippen LogP) is 4.41. The van der Waals surface area contributed by atoms with E-state index in [1.165, 1.54) is 24.1 Å². The van der Waals surface area contributed by atoms with Crippen LogP contribution in [0, 0.1) is 6.92 Å². The Labute approximate surface area is 229 Å². The van der Waals surface area contributed by atoms with Crippen LogP contribution in [-0.2, 0) is 26.2 Å². The molecular weight excluding hydrogens is 526 g/mol. The van der Waals surface area contributed by atoms with E-state index in [2.05, 4.69) is 5.32 Å². The van der Waals surface area contributed by atoms with E-state index in [9.17, 15) is 18.0 Å². The van der Waals surface area contributed by atoms with Gasteiger partial charge >= 0.3 is 0 Å². The highest BCUT2D eigenvalue weighted by atomic mass is 35.5. The Balaban J connectivity index is 2.02. The van der Waals surface area contributed by atoms with Gasteiger partial charge in [0.2, 0.25) is 11.8 Å². The SMILES string of the molecule is CCNC(=O)[C@@H](C)N(Cc1ccc(Cl)cc1)C(=O)CN(c1ccc(OC)cc1)S(=O)(=O)c1ccc(C)cc1. The highest BCUT2D eigenvalue weighted by Crippen LogP contribution is 2.27.